The summed E-state index contributed by atoms with van der Waals surface area (Å²) in [5, 5.41) is 14.9. The van der Waals surface area contributed by atoms with Gasteiger partial charge in [-0.3, -0.25) is 4.98 Å². The Morgan fingerprint density at radius 3 is 2.83 bits per heavy atom. The fourth-order valence-electron chi connectivity index (χ4n) is 2.42. The van der Waals surface area contributed by atoms with Crippen molar-refractivity contribution in [3.05, 3.63) is 30.1 Å². The zero-order valence-corrected chi connectivity index (χ0v) is 10.4. The van der Waals surface area contributed by atoms with E-state index in [1.165, 1.54) is 0 Å². The van der Waals surface area contributed by atoms with E-state index in [9.17, 15) is 5.11 Å². The number of fused-ring (bicyclic) bond motifs is 1. The average molecular weight is 243 g/mol. The van der Waals surface area contributed by atoms with Crippen molar-refractivity contribution in [1.82, 2.24) is 4.98 Å². The number of nitrogens with one attached hydrogen (secondary N) is 1. The average Bonchev–Trinajstić information content (AvgIpc) is 2.30. The monoisotopic (exact) mass is 243 g/mol. The summed E-state index contributed by atoms with van der Waals surface area (Å²) in [7, 11) is 0. The maximum atomic E-state index is 9.33. The first-order valence-electron chi connectivity index (χ1n) is 6.23. The van der Waals surface area contributed by atoms with E-state index in [-0.39, 0.29) is 6.10 Å². The highest BCUT2D eigenvalue weighted by atomic mass is 16.3. The summed E-state index contributed by atoms with van der Waals surface area (Å²) in [4.78, 5) is 4.29. The van der Waals surface area contributed by atoms with E-state index in [2.05, 4.69) is 10.3 Å². The lowest BCUT2D eigenvalue weighted by Gasteiger charge is -2.33. The molecule has 0 atom stereocenters. The summed E-state index contributed by atoms with van der Waals surface area (Å²) < 4.78 is 0. The van der Waals surface area contributed by atoms with Crippen molar-refractivity contribution in [3.63, 3.8) is 0 Å². The van der Waals surface area contributed by atoms with Crippen molar-refractivity contribution in [2.45, 2.75) is 31.9 Å². The molecule has 2 aromatic rings. The van der Waals surface area contributed by atoms with Crippen molar-refractivity contribution < 1.29 is 5.11 Å². The number of nitrogen functional groups attached to an aromatic ring is 1. The number of aliphatic hydroxyl groups excluding tert-OH is 1. The number of aliphatic hydroxyl groups is 1. The molecule has 0 spiro atoms. The Bertz CT molecular complexity index is 591. The van der Waals surface area contributed by atoms with Crippen LogP contribution in [0.1, 0.15) is 18.5 Å². The van der Waals surface area contributed by atoms with Crippen LogP contribution in [0.15, 0.2) is 24.4 Å². The molecule has 3 rings (SSSR count). The number of benzene rings is 1. The first-order chi connectivity index (χ1) is 8.63. The number of aromatic nitrogens is 1. The molecule has 4 N–H and O–H groups in total. The third kappa shape index (κ3) is 1.88. The van der Waals surface area contributed by atoms with Gasteiger partial charge in [0.25, 0.3) is 0 Å². The summed E-state index contributed by atoms with van der Waals surface area (Å²) in [6, 6.07) is 6.31. The molecule has 1 aromatic heterocycles. The van der Waals surface area contributed by atoms with E-state index in [1.807, 2.05) is 31.3 Å². The van der Waals surface area contributed by atoms with Gasteiger partial charge in [0.1, 0.15) is 0 Å². The number of rotatable bonds is 2. The van der Waals surface area contributed by atoms with Gasteiger partial charge < -0.3 is 16.2 Å². The molecule has 0 bridgehead atoms. The van der Waals surface area contributed by atoms with Gasteiger partial charge in [-0.25, -0.2) is 0 Å². The molecule has 18 heavy (non-hydrogen) atoms. The molecule has 1 fully saturated rings. The second-order valence-electron chi connectivity index (χ2n) is 5.04. The van der Waals surface area contributed by atoms with E-state index in [4.69, 9.17) is 5.73 Å². The predicted molar refractivity (Wildman–Crippen MR) is 73.5 cm³/mol. The van der Waals surface area contributed by atoms with Crippen molar-refractivity contribution in [1.29, 1.82) is 0 Å². The largest absolute Gasteiger partial charge is 0.398 e. The van der Waals surface area contributed by atoms with Crippen LogP contribution < -0.4 is 11.1 Å². The Morgan fingerprint density at radius 2 is 2.11 bits per heavy atom. The summed E-state index contributed by atoms with van der Waals surface area (Å²) in [6.07, 6.45) is 3.30. The number of aryl methyl sites for hydroxylation is 1. The minimum absolute atomic E-state index is 0.147. The van der Waals surface area contributed by atoms with Crippen LogP contribution in [-0.2, 0) is 0 Å². The number of pyridine rings is 1. The summed E-state index contributed by atoms with van der Waals surface area (Å²) >= 11 is 0. The SMILES string of the molecule is Cc1cc2c(NC3CC(O)C3)ccc(N)c2cn1. The Hall–Kier alpha value is -1.81. The Balaban J connectivity index is 2.00. The van der Waals surface area contributed by atoms with Crippen LogP contribution in [0.3, 0.4) is 0 Å². The van der Waals surface area contributed by atoms with Crippen molar-refractivity contribution >= 4 is 22.1 Å². The van der Waals surface area contributed by atoms with E-state index >= 15 is 0 Å². The van der Waals surface area contributed by atoms with Gasteiger partial charge in [-0.15, -0.1) is 0 Å². The van der Waals surface area contributed by atoms with E-state index in [0.29, 0.717) is 6.04 Å². The molecular formula is C14H17N3O. The van der Waals surface area contributed by atoms with E-state index < -0.39 is 0 Å². The van der Waals surface area contributed by atoms with Crippen molar-refractivity contribution in [2.75, 3.05) is 11.1 Å². The third-order valence-corrected chi connectivity index (χ3v) is 3.54. The molecule has 94 valence electrons. The number of nitrogens with zero attached hydrogens (tertiary/aromatic N) is 1. The van der Waals surface area contributed by atoms with Gasteiger partial charge in [0.15, 0.2) is 0 Å². The molecule has 1 aliphatic carbocycles. The number of nitrogens with two attached hydrogens (primary N) is 1. The van der Waals surface area contributed by atoms with Crippen LogP contribution in [0, 0.1) is 6.92 Å². The lowest BCUT2D eigenvalue weighted by Crippen LogP contribution is -2.38. The van der Waals surface area contributed by atoms with Gasteiger partial charge in [-0.05, 0) is 38.0 Å². The summed E-state index contributed by atoms with van der Waals surface area (Å²) in [6.45, 7) is 1.97. The van der Waals surface area contributed by atoms with Crippen molar-refractivity contribution in [3.8, 4) is 0 Å². The van der Waals surface area contributed by atoms with Crippen LogP contribution in [-0.4, -0.2) is 22.2 Å². The van der Waals surface area contributed by atoms with Crippen LogP contribution >= 0.6 is 0 Å². The van der Waals surface area contributed by atoms with E-state index in [0.717, 1.165) is 40.7 Å². The number of hydrogen-bond acceptors (Lipinski definition) is 4. The molecule has 0 radical (unpaired) electrons. The molecule has 1 aliphatic rings. The fraction of sp³-hybridized carbons (Fsp3) is 0.357. The van der Waals surface area contributed by atoms with Crippen molar-refractivity contribution in [2.24, 2.45) is 0 Å². The lowest BCUT2D eigenvalue weighted by atomic mass is 9.89. The lowest BCUT2D eigenvalue weighted by molar-refractivity contribution is 0.0837. The molecule has 1 saturated carbocycles. The smallest absolute Gasteiger partial charge is 0.0579 e. The van der Waals surface area contributed by atoms with Gasteiger partial charge in [0.05, 0.1) is 6.10 Å². The Morgan fingerprint density at radius 1 is 1.33 bits per heavy atom. The van der Waals surface area contributed by atoms with E-state index in [1.54, 1.807) is 0 Å². The highest BCUT2D eigenvalue weighted by Crippen LogP contribution is 2.31. The van der Waals surface area contributed by atoms with Gasteiger partial charge in [0, 0.05) is 40.1 Å². The minimum Gasteiger partial charge on any atom is -0.398 e. The van der Waals surface area contributed by atoms with Crippen LogP contribution in [0.5, 0.6) is 0 Å². The summed E-state index contributed by atoms with van der Waals surface area (Å²) in [5.74, 6) is 0. The molecule has 0 unspecified atom stereocenters. The maximum Gasteiger partial charge on any atom is 0.0579 e. The van der Waals surface area contributed by atoms with Gasteiger partial charge in [-0.2, -0.15) is 0 Å². The molecular weight excluding hydrogens is 226 g/mol. The van der Waals surface area contributed by atoms with Gasteiger partial charge in [0.2, 0.25) is 0 Å². The molecule has 0 aliphatic heterocycles. The Kier molecular flexibility index (Phi) is 2.59. The second kappa shape index (κ2) is 4.14. The number of hydrogen-bond donors (Lipinski definition) is 3. The minimum atomic E-state index is -0.147. The first-order valence-corrected chi connectivity index (χ1v) is 6.23. The highest BCUT2D eigenvalue weighted by molar-refractivity contribution is 6.00. The molecule has 1 aromatic carbocycles. The molecule has 1 heterocycles. The second-order valence-corrected chi connectivity index (χ2v) is 5.04. The molecule has 4 nitrogen and oxygen atoms in total. The van der Waals surface area contributed by atoms with Crippen LogP contribution in [0.2, 0.25) is 0 Å². The van der Waals surface area contributed by atoms with Crippen LogP contribution in [0.25, 0.3) is 10.8 Å². The Labute approximate surface area is 106 Å². The zero-order chi connectivity index (χ0) is 12.7. The van der Waals surface area contributed by atoms with Gasteiger partial charge >= 0.3 is 0 Å². The summed E-state index contributed by atoms with van der Waals surface area (Å²) in [5.41, 5.74) is 8.76. The molecule has 0 saturated heterocycles. The molecule has 4 heteroatoms. The topological polar surface area (TPSA) is 71.2 Å². The maximum absolute atomic E-state index is 9.33. The third-order valence-electron chi connectivity index (χ3n) is 3.54. The van der Waals surface area contributed by atoms with Crippen LogP contribution in [0.4, 0.5) is 11.4 Å². The molecule has 0 amide bonds. The standard InChI is InChI=1S/C14H17N3O/c1-8-4-11-12(7-16-8)13(15)2-3-14(11)17-9-5-10(18)6-9/h2-4,7,9-10,17-18H,5-6,15H2,1H3. The normalized spacial score (nSPS) is 22.8. The zero-order valence-electron chi connectivity index (χ0n) is 10.4. The highest BCUT2D eigenvalue weighted by Gasteiger charge is 2.27. The number of anilines is 2. The predicted octanol–water partition coefficient (Wildman–Crippen LogP) is 2.06. The first kappa shape index (κ1) is 11.3. The van der Waals surface area contributed by atoms with Gasteiger partial charge in [-0.1, -0.05) is 0 Å². The quantitative estimate of drug-likeness (QED) is 0.706. The fourth-order valence-corrected chi connectivity index (χ4v) is 2.42.